The van der Waals surface area contributed by atoms with Crippen molar-refractivity contribution < 1.29 is 4.79 Å². The summed E-state index contributed by atoms with van der Waals surface area (Å²) in [5.74, 6) is 0. The molecule has 2 fully saturated rings. The predicted molar refractivity (Wildman–Crippen MR) is 65.1 cm³/mol. The van der Waals surface area contributed by atoms with Crippen molar-refractivity contribution in [2.45, 2.75) is 6.04 Å². The minimum absolute atomic E-state index is 0.0394. The van der Waals surface area contributed by atoms with Crippen molar-refractivity contribution in [3.63, 3.8) is 0 Å². The number of carbonyl (C=O) groups excluding carboxylic acids is 1. The van der Waals surface area contributed by atoms with Gasteiger partial charge in [-0.1, -0.05) is 0 Å². The van der Waals surface area contributed by atoms with Gasteiger partial charge in [-0.25, -0.2) is 9.78 Å². The van der Waals surface area contributed by atoms with Gasteiger partial charge >= 0.3 is 6.03 Å². The van der Waals surface area contributed by atoms with Crippen LogP contribution in [0.15, 0.2) is 18.3 Å². The van der Waals surface area contributed by atoms with E-state index in [2.05, 4.69) is 15.2 Å². The van der Waals surface area contributed by atoms with Crippen LogP contribution >= 0.6 is 0 Å². The van der Waals surface area contributed by atoms with Gasteiger partial charge in [0.25, 0.3) is 0 Å². The van der Waals surface area contributed by atoms with Crippen LogP contribution in [0.3, 0.4) is 0 Å². The molecule has 0 aromatic carbocycles. The fourth-order valence-corrected chi connectivity index (χ4v) is 2.48. The third kappa shape index (κ3) is 1.74. The van der Waals surface area contributed by atoms with Gasteiger partial charge in [0.2, 0.25) is 0 Å². The Morgan fingerprint density at radius 2 is 2.33 bits per heavy atom. The van der Waals surface area contributed by atoms with Crippen molar-refractivity contribution in [1.29, 1.82) is 5.26 Å². The SMILES string of the molecule is N#Cc1ccc(N2CCN3C(=O)NCC3C2)cn1. The quantitative estimate of drug-likeness (QED) is 0.763. The molecule has 2 aliphatic heterocycles. The number of urea groups is 1. The zero-order valence-corrected chi connectivity index (χ0v) is 9.83. The molecular weight excluding hydrogens is 230 g/mol. The van der Waals surface area contributed by atoms with Crippen LogP contribution in [-0.4, -0.2) is 48.1 Å². The molecule has 0 aliphatic carbocycles. The van der Waals surface area contributed by atoms with E-state index in [0.29, 0.717) is 12.2 Å². The van der Waals surface area contributed by atoms with E-state index in [4.69, 9.17) is 5.26 Å². The molecular formula is C12H13N5O. The maximum Gasteiger partial charge on any atom is 0.317 e. The number of fused-ring (bicyclic) bond motifs is 1. The highest BCUT2D eigenvalue weighted by molar-refractivity contribution is 5.77. The molecule has 1 atom stereocenters. The summed E-state index contributed by atoms with van der Waals surface area (Å²) < 4.78 is 0. The molecule has 2 amide bonds. The van der Waals surface area contributed by atoms with E-state index in [1.54, 1.807) is 12.3 Å². The number of nitrogens with zero attached hydrogens (tertiary/aromatic N) is 4. The lowest BCUT2D eigenvalue weighted by Gasteiger charge is -2.37. The molecule has 18 heavy (non-hydrogen) atoms. The first-order chi connectivity index (χ1) is 8.78. The summed E-state index contributed by atoms with van der Waals surface area (Å²) in [6.45, 7) is 3.05. The second kappa shape index (κ2) is 4.18. The monoisotopic (exact) mass is 243 g/mol. The maximum absolute atomic E-state index is 11.5. The van der Waals surface area contributed by atoms with Crippen LogP contribution in [0.4, 0.5) is 10.5 Å². The minimum Gasteiger partial charge on any atom is -0.366 e. The number of carbonyl (C=O) groups is 1. The van der Waals surface area contributed by atoms with E-state index in [1.807, 2.05) is 17.0 Å². The largest absolute Gasteiger partial charge is 0.366 e. The minimum atomic E-state index is 0.0394. The molecule has 0 saturated carbocycles. The van der Waals surface area contributed by atoms with Crippen LogP contribution < -0.4 is 10.2 Å². The maximum atomic E-state index is 11.5. The van der Waals surface area contributed by atoms with Crippen molar-refractivity contribution in [2.24, 2.45) is 0 Å². The lowest BCUT2D eigenvalue weighted by molar-refractivity contribution is 0.197. The topological polar surface area (TPSA) is 72.3 Å². The molecule has 2 aliphatic rings. The number of hydrogen-bond acceptors (Lipinski definition) is 4. The molecule has 0 radical (unpaired) electrons. The third-order valence-corrected chi connectivity index (χ3v) is 3.46. The lowest BCUT2D eigenvalue weighted by Crippen LogP contribution is -2.52. The van der Waals surface area contributed by atoms with Crippen LogP contribution in [0.25, 0.3) is 0 Å². The fraction of sp³-hybridized carbons (Fsp3) is 0.417. The van der Waals surface area contributed by atoms with Crippen LogP contribution in [0.1, 0.15) is 5.69 Å². The van der Waals surface area contributed by atoms with E-state index in [1.165, 1.54) is 0 Å². The number of amides is 2. The second-order valence-electron chi connectivity index (χ2n) is 4.49. The standard InChI is InChI=1S/C12H13N5O/c13-5-9-1-2-10(6-14-9)16-3-4-17-11(8-16)7-15-12(17)18/h1-2,6,11H,3-4,7-8H2,(H,15,18). The van der Waals surface area contributed by atoms with E-state index in [9.17, 15) is 4.79 Å². The van der Waals surface area contributed by atoms with Gasteiger partial charge in [-0.3, -0.25) is 0 Å². The van der Waals surface area contributed by atoms with Gasteiger partial charge in [0, 0.05) is 26.2 Å². The van der Waals surface area contributed by atoms with Crippen LogP contribution in [0.2, 0.25) is 0 Å². The first-order valence-corrected chi connectivity index (χ1v) is 5.93. The summed E-state index contributed by atoms with van der Waals surface area (Å²) in [5, 5.41) is 11.6. The Morgan fingerprint density at radius 1 is 1.44 bits per heavy atom. The molecule has 3 rings (SSSR count). The summed E-state index contributed by atoms with van der Waals surface area (Å²) in [4.78, 5) is 19.6. The number of piperazine rings is 1. The zero-order chi connectivity index (χ0) is 12.5. The zero-order valence-electron chi connectivity index (χ0n) is 9.83. The summed E-state index contributed by atoms with van der Waals surface area (Å²) in [6, 6.07) is 5.91. The molecule has 1 N–H and O–H groups in total. The molecule has 6 heteroatoms. The van der Waals surface area contributed by atoms with Crippen molar-refractivity contribution in [3.05, 3.63) is 24.0 Å². The molecule has 1 aromatic heterocycles. The molecule has 0 spiro atoms. The fourth-order valence-electron chi connectivity index (χ4n) is 2.48. The Balaban J connectivity index is 1.74. The highest BCUT2D eigenvalue weighted by atomic mass is 16.2. The Hall–Kier alpha value is -2.29. The summed E-state index contributed by atoms with van der Waals surface area (Å²) in [5.41, 5.74) is 1.43. The van der Waals surface area contributed by atoms with Crippen LogP contribution in [-0.2, 0) is 0 Å². The Labute approximate surface area is 105 Å². The molecule has 6 nitrogen and oxygen atoms in total. The number of rotatable bonds is 1. The van der Waals surface area contributed by atoms with Gasteiger partial charge in [-0.15, -0.1) is 0 Å². The van der Waals surface area contributed by atoms with E-state index in [-0.39, 0.29) is 12.1 Å². The average molecular weight is 243 g/mol. The highest BCUT2D eigenvalue weighted by Gasteiger charge is 2.35. The summed E-state index contributed by atoms with van der Waals surface area (Å²) in [6.07, 6.45) is 1.72. The summed E-state index contributed by atoms with van der Waals surface area (Å²) in [7, 11) is 0. The smallest absolute Gasteiger partial charge is 0.317 e. The van der Waals surface area contributed by atoms with Crippen LogP contribution in [0, 0.1) is 11.3 Å². The normalized spacial score (nSPS) is 22.4. The Kier molecular flexibility index (Phi) is 2.52. The van der Waals surface area contributed by atoms with Gasteiger partial charge in [0.1, 0.15) is 11.8 Å². The van der Waals surface area contributed by atoms with E-state index >= 15 is 0 Å². The third-order valence-electron chi connectivity index (χ3n) is 3.46. The number of hydrogen-bond donors (Lipinski definition) is 1. The number of aromatic nitrogens is 1. The van der Waals surface area contributed by atoms with Crippen LogP contribution in [0.5, 0.6) is 0 Å². The van der Waals surface area contributed by atoms with Crippen molar-refractivity contribution in [2.75, 3.05) is 31.1 Å². The highest BCUT2D eigenvalue weighted by Crippen LogP contribution is 2.20. The molecule has 0 bridgehead atoms. The summed E-state index contributed by atoms with van der Waals surface area (Å²) >= 11 is 0. The average Bonchev–Trinajstić information content (AvgIpc) is 2.80. The van der Waals surface area contributed by atoms with Gasteiger partial charge in [0.15, 0.2) is 0 Å². The number of anilines is 1. The van der Waals surface area contributed by atoms with Gasteiger partial charge in [-0.2, -0.15) is 5.26 Å². The number of nitrogens with one attached hydrogen (secondary N) is 1. The first-order valence-electron chi connectivity index (χ1n) is 5.93. The molecule has 1 aromatic rings. The molecule has 2 saturated heterocycles. The van der Waals surface area contributed by atoms with Gasteiger partial charge in [0.05, 0.1) is 17.9 Å². The molecule has 92 valence electrons. The van der Waals surface area contributed by atoms with Crippen molar-refractivity contribution in [1.82, 2.24) is 15.2 Å². The molecule has 3 heterocycles. The van der Waals surface area contributed by atoms with Gasteiger partial charge in [-0.05, 0) is 12.1 Å². The lowest BCUT2D eigenvalue weighted by atomic mass is 10.2. The van der Waals surface area contributed by atoms with Crippen molar-refractivity contribution >= 4 is 11.7 Å². The Morgan fingerprint density at radius 3 is 3.06 bits per heavy atom. The Bertz CT molecular complexity index is 506. The molecule has 1 unspecified atom stereocenters. The predicted octanol–water partition coefficient (Wildman–Crippen LogP) is 0.167. The van der Waals surface area contributed by atoms with Gasteiger partial charge < -0.3 is 15.1 Å². The van der Waals surface area contributed by atoms with E-state index in [0.717, 1.165) is 25.3 Å². The van der Waals surface area contributed by atoms with Crippen molar-refractivity contribution in [3.8, 4) is 6.07 Å². The second-order valence-corrected chi connectivity index (χ2v) is 4.49. The number of pyridine rings is 1. The number of nitriles is 1. The first kappa shape index (κ1) is 10.8. The van der Waals surface area contributed by atoms with E-state index < -0.39 is 0 Å².